The van der Waals surface area contributed by atoms with E-state index >= 15 is 0 Å². The summed E-state index contributed by atoms with van der Waals surface area (Å²) in [7, 11) is 0. The predicted octanol–water partition coefficient (Wildman–Crippen LogP) is 3.36. The summed E-state index contributed by atoms with van der Waals surface area (Å²) in [5.41, 5.74) is 1.73. The molecule has 5 heteroatoms. The Hall–Kier alpha value is -2.92. The molecule has 0 amide bonds. The second kappa shape index (κ2) is 5.81. The van der Waals surface area contributed by atoms with Crippen LogP contribution in [0.15, 0.2) is 41.5 Å². The summed E-state index contributed by atoms with van der Waals surface area (Å²) in [6, 6.07) is 9.95. The van der Waals surface area contributed by atoms with Crippen LogP contribution in [0.25, 0.3) is 6.08 Å². The Bertz CT molecular complexity index is 653. The monoisotopic (exact) mass is 265 g/mol. The van der Waals surface area contributed by atoms with Crippen LogP contribution in [-0.4, -0.2) is 4.92 Å². The minimum atomic E-state index is -0.452. The van der Waals surface area contributed by atoms with Gasteiger partial charge in [-0.1, -0.05) is 12.2 Å². The van der Waals surface area contributed by atoms with Gasteiger partial charge in [0.05, 0.1) is 4.92 Å². The molecule has 1 fully saturated rings. The number of nitro benzene ring substituents is 1. The summed E-state index contributed by atoms with van der Waals surface area (Å²) >= 11 is 0. The van der Waals surface area contributed by atoms with Gasteiger partial charge in [-0.3, -0.25) is 10.1 Å². The molecule has 20 heavy (non-hydrogen) atoms. The Kier molecular flexibility index (Phi) is 3.93. The number of rotatable bonds is 4. The molecule has 5 nitrogen and oxygen atoms in total. The van der Waals surface area contributed by atoms with Crippen LogP contribution >= 0.6 is 0 Å². The maximum absolute atomic E-state index is 10.6. The molecule has 1 aromatic carbocycles. The first-order valence-corrected chi connectivity index (χ1v) is 6.12. The van der Waals surface area contributed by atoms with Crippen molar-refractivity contribution >= 4 is 11.8 Å². The van der Waals surface area contributed by atoms with Gasteiger partial charge in [0.15, 0.2) is 0 Å². The lowest BCUT2D eigenvalue weighted by atomic mass is 10.0. The van der Waals surface area contributed by atoms with Crippen molar-refractivity contribution in [2.45, 2.75) is 12.8 Å². The van der Waals surface area contributed by atoms with Crippen LogP contribution in [0.4, 0.5) is 5.69 Å². The van der Waals surface area contributed by atoms with E-state index in [4.69, 9.17) is 10.5 Å². The van der Waals surface area contributed by atoms with Crippen LogP contribution in [0.3, 0.4) is 0 Å². The SMILES string of the molecule is N#CC(C#N)=C(/C=C/c1ccc([N+](=O)[O-])cc1)C1CC1. The molecular formula is C15H11N3O2. The topological polar surface area (TPSA) is 90.7 Å². The number of nitriles is 2. The van der Waals surface area contributed by atoms with Crippen LogP contribution < -0.4 is 0 Å². The van der Waals surface area contributed by atoms with E-state index in [9.17, 15) is 10.1 Å². The van der Waals surface area contributed by atoms with Gasteiger partial charge in [0.2, 0.25) is 0 Å². The van der Waals surface area contributed by atoms with Crippen LogP contribution in [0, 0.1) is 38.7 Å². The van der Waals surface area contributed by atoms with E-state index in [1.165, 1.54) is 12.1 Å². The van der Waals surface area contributed by atoms with Gasteiger partial charge in [-0.15, -0.1) is 0 Å². The minimum Gasteiger partial charge on any atom is -0.258 e. The van der Waals surface area contributed by atoms with Crippen LogP contribution in [0.1, 0.15) is 18.4 Å². The third-order valence-corrected chi connectivity index (χ3v) is 3.09. The zero-order valence-electron chi connectivity index (χ0n) is 10.6. The number of hydrogen-bond donors (Lipinski definition) is 0. The molecule has 0 N–H and O–H groups in total. The number of hydrogen-bond acceptors (Lipinski definition) is 4. The van der Waals surface area contributed by atoms with E-state index in [1.807, 2.05) is 12.1 Å². The zero-order chi connectivity index (χ0) is 14.5. The van der Waals surface area contributed by atoms with Gasteiger partial charge in [0, 0.05) is 12.1 Å². The number of allylic oxidation sites excluding steroid dienone is 3. The van der Waals surface area contributed by atoms with E-state index in [-0.39, 0.29) is 11.3 Å². The molecule has 0 atom stereocenters. The Morgan fingerprint density at radius 1 is 1.25 bits per heavy atom. The Morgan fingerprint density at radius 2 is 1.85 bits per heavy atom. The maximum atomic E-state index is 10.6. The van der Waals surface area contributed by atoms with Crippen molar-refractivity contribution in [2.75, 3.05) is 0 Å². The summed E-state index contributed by atoms with van der Waals surface area (Å²) in [4.78, 5) is 10.1. The average Bonchev–Trinajstić information content (AvgIpc) is 3.28. The molecule has 0 aliphatic heterocycles. The molecule has 0 bridgehead atoms. The molecule has 0 unspecified atom stereocenters. The molecule has 1 aliphatic rings. The summed E-state index contributed by atoms with van der Waals surface area (Å²) in [5, 5.41) is 28.4. The normalized spacial score (nSPS) is 13.5. The number of nitro groups is 1. The van der Waals surface area contributed by atoms with E-state index in [1.54, 1.807) is 24.3 Å². The van der Waals surface area contributed by atoms with Gasteiger partial charge in [-0.25, -0.2) is 0 Å². The lowest BCUT2D eigenvalue weighted by Crippen LogP contribution is -1.88. The van der Waals surface area contributed by atoms with Gasteiger partial charge >= 0.3 is 0 Å². The Morgan fingerprint density at radius 3 is 2.30 bits per heavy atom. The Labute approximate surface area is 116 Å². The standard InChI is InChI=1S/C15H11N3O2/c16-9-13(10-17)15(12-4-5-12)8-3-11-1-6-14(7-2-11)18(19)20/h1-3,6-8,12H,4-5H2/b8-3+. The molecule has 0 aromatic heterocycles. The fourth-order valence-electron chi connectivity index (χ4n) is 1.87. The molecule has 98 valence electrons. The Balaban J connectivity index is 2.23. The molecule has 0 spiro atoms. The van der Waals surface area contributed by atoms with Gasteiger partial charge in [0.1, 0.15) is 17.7 Å². The van der Waals surface area contributed by atoms with Crippen molar-refractivity contribution < 1.29 is 4.92 Å². The summed E-state index contributed by atoms with van der Waals surface area (Å²) in [6.07, 6.45) is 5.52. The smallest absolute Gasteiger partial charge is 0.258 e. The highest BCUT2D eigenvalue weighted by Gasteiger charge is 2.27. The summed E-state index contributed by atoms with van der Waals surface area (Å²) in [5.74, 6) is 0.290. The highest BCUT2D eigenvalue weighted by atomic mass is 16.6. The van der Waals surface area contributed by atoms with Crippen molar-refractivity contribution in [1.29, 1.82) is 10.5 Å². The first kappa shape index (κ1) is 13.5. The van der Waals surface area contributed by atoms with E-state index in [0.717, 1.165) is 24.0 Å². The molecule has 1 aromatic rings. The van der Waals surface area contributed by atoms with Crippen molar-refractivity contribution in [3.05, 3.63) is 57.2 Å². The van der Waals surface area contributed by atoms with Crippen LogP contribution in [0.2, 0.25) is 0 Å². The highest BCUT2D eigenvalue weighted by Crippen LogP contribution is 2.38. The predicted molar refractivity (Wildman–Crippen MR) is 73.1 cm³/mol. The third kappa shape index (κ3) is 3.09. The van der Waals surface area contributed by atoms with E-state index in [2.05, 4.69) is 0 Å². The average molecular weight is 265 g/mol. The maximum Gasteiger partial charge on any atom is 0.269 e. The number of nitrogens with zero attached hydrogens (tertiary/aromatic N) is 3. The van der Waals surface area contributed by atoms with Gasteiger partial charge in [0.25, 0.3) is 5.69 Å². The number of benzene rings is 1. The largest absolute Gasteiger partial charge is 0.269 e. The first-order chi connectivity index (χ1) is 9.65. The van der Waals surface area contributed by atoms with Crippen LogP contribution in [-0.2, 0) is 0 Å². The van der Waals surface area contributed by atoms with Crippen molar-refractivity contribution in [2.24, 2.45) is 5.92 Å². The fraction of sp³-hybridized carbons (Fsp3) is 0.200. The van der Waals surface area contributed by atoms with Crippen molar-refractivity contribution in [1.82, 2.24) is 0 Å². The molecule has 2 rings (SSSR count). The first-order valence-electron chi connectivity index (χ1n) is 6.12. The summed E-state index contributed by atoms with van der Waals surface area (Å²) < 4.78 is 0. The minimum absolute atomic E-state index is 0.0369. The second-order valence-corrected chi connectivity index (χ2v) is 4.51. The van der Waals surface area contributed by atoms with E-state index in [0.29, 0.717) is 5.92 Å². The lowest BCUT2D eigenvalue weighted by molar-refractivity contribution is -0.384. The fourth-order valence-corrected chi connectivity index (χ4v) is 1.87. The van der Waals surface area contributed by atoms with Crippen LogP contribution in [0.5, 0.6) is 0 Å². The molecule has 0 heterocycles. The molecule has 1 aliphatic carbocycles. The second-order valence-electron chi connectivity index (χ2n) is 4.51. The third-order valence-electron chi connectivity index (χ3n) is 3.09. The molecule has 0 radical (unpaired) electrons. The highest BCUT2D eigenvalue weighted by molar-refractivity contribution is 5.58. The molecular weight excluding hydrogens is 254 g/mol. The molecule has 0 saturated heterocycles. The molecule has 1 saturated carbocycles. The summed E-state index contributed by atoms with van der Waals surface area (Å²) in [6.45, 7) is 0. The van der Waals surface area contributed by atoms with Gasteiger partial charge in [-0.2, -0.15) is 10.5 Å². The van der Waals surface area contributed by atoms with E-state index < -0.39 is 4.92 Å². The van der Waals surface area contributed by atoms with Gasteiger partial charge in [-0.05, 0) is 42.0 Å². The number of non-ortho nitro benzene ring substituents is 1. The van der Waals surface area contributed by atoms with Gasteiger partial charge < -0.3 is 0 Å². The van der Waals surface area contributed by atoms with Crippen molar-refractivity contribution in [3.63, 3.8) is 0 Å². The lowest BCUT2D eigenvalue weighted by Gasteiger charge is -1.99. The van der Waals surface area contributed by atoms with Crippen molar-refractivity contribution in [3.8, 4) is 12.1 Å². The zero-order valence-corrected chi connectivity index (χ0v) is 10.6. The quantitative estimate of drug-likeness (QED) is 0.361.